The highest BCUT2D eigenvalue weighted by Gasteiger charge is 2.29. The molecule has 0 saturated heterocycles. The van der Waals surface area contributed by atoms with E-state index < -0.39 is 0 Å². The van der Waals surface area contributed by atoms with Gasteiger partial charge in [-0.3, -0.25) is 9.48 Å². The van der Waals surface area contributed by atoms with Crippen LogP contribution in [-0.2, 0) is 7.05 Å². The summed E-state index contributed by atoms with van der Waals surface area (Å²) in [5.74, 6) is 0.844. The van der Waals surface area contributed by atoms with Gasteiger partial charge in [0.25, 0.3) is 0 Å². The first kappa shape index (κ1) is 12.1. The molecule has 1 fully saturated rings. The zero-order chi connectivity index (χ0) is 12.4. The summed E-state index contributed by atoms with van der Waals surface area (Å²) in [6, 6.07) is 0.440. The lowest BCUT2D eigenvalue weighted by Gasteiger charge is -2.38. The molecular weight excluding hydrogens is 218 g/mol. The highest BCUT2D eigenvalue weighted by molar-refractivity contribution is 5.85. The lowest BCUT2D eigenvalue weighted by molar-refractivity contribution is 0.112. The number of aromatic nitrogens is 2. The van der Waals surface area contributed by atoms with E-state index in [2.05, 4.69) is 10.00 Å². The summed E-state index contributed by atoms with van der Waals surface area (Å²) in [4.78, 5) is 13.3. The molecule has 0 unspecified atom stereocenters. The largest absolute Gasteiger partial charge is 0.395 e. The number of aliphatic hydroxyl groups excluding tert-OH is 1. The van der Waals surface area contributed by atoms with Crippen LogP contribution < -0.4 is 4.90 Å². The van der Waals surface area contributed by atoms with Crippen molar-refractivity contribution in [1.82, 2.24) is 9.78 Å². The molecule has 5 nitrogen and oxygen atoms in total. The van der Waals surface area contributed by atoms with Crippen molar-refractivity contribution >= 4 is 12.1 Å². The molecule has 1 aromatic heterocycles. The van der Waals surface area contributed by atoms with Gasteiger partial charge in [-0.2, -0.15) is 5.10 Å². The number of aliphatic hydroxyl groups is 1. The van der Waals surface area contributed by atoms with Crippen molar-refractivity contribution in [1.29, 1.82) is 0 Å². The summed E-state index contributed by atoms with van der Waals surface area (Å²) in [5.41, 5.74) is 1.40. The van der Waals surface area contributed by atoms with Crippen LogP contribution in [0.1, 0.15) is 35.3 Å². The Labute approximate surface area is 101 Å². The summed E-state index contributed by atoms with van der Waals surface area (Å²) in [6.07, 6.45) is 4.34. The number of carbonyl (C=O) groups excluding carboxylic acids is 1. The summed E-state index contributed by atoms with van der Waals surface area (Å²) >= 11 is 0. The van der Waals surface area contributed by atoms with E-state index in [9.17, 15) is 4.79 Å². The molecule has 2 rings (SSSR count). The van der Waals surface area contributed by atoms with E-state index in [1.807, 2.05) is 14.0 Å². The van der Waals surface area contributed by atoms with Gasteiger partial charge < -0.3 is 10.0 Å². The van der Waals surface area contributed by atoms with Crippen molar-refractivity contribution in [2.75, 3.05) is 18.1 Å². The molecule has 94 valence electrons. The van der Waals surface area contributed by atoms with E-state index in [-0.39, 0.29) is 6.61 Å². The number of aryl methyl sites for hydroxylation is 2. The third kappa shape index (κ3) is 2.07. The zero-order valence-electron chi connectivity index (χ0n) is 10.4. The van der Waals surface area contributed by atoms with Gasteiger partial charge in [-0.25, -0.2) is 0 Å². The highest BCUT2D eigenvalue weighted by Crippen LogP contribution is 2.31. The van der Waals surface area contributed by atoms with Crippen molar-refractivity contribution in [2.24, 2.45) is 7.05 Å². The van der Waals surface area contributed by atoms with E-state index in [1.54, 1.807) is 4.68 Å². The first-order valence-corrected chi connectivity index (χ1v) is 6.05. The number of anilines is 1. The minimum absolute atomic E-state index is 0.0963. The zero-order valence-corrected chi connectivity index (χ0v) is 10.4. The predicted molar refractivity (Wildman–Crippen MR) is 65.4 cm³/mol. The molecule has 0 radical (unpaired) electrons. The molecule has 17 heavy (non-hydrogen) atoms. The van der Waals surface area contributed by atoms with Gasteiger partial charge in [0, 0.05) is 19.6 Å². The lowest BCUT2D eigenvalue weighted by atomic mass is 9.91. The molecule has 1 heterocycles. The standard InChI is InChI=1S/C12H19N3O2/c1-9-11(8-17)12(14(2)13-9)15(6-7-16)10-4-3-5-10/h8,10,16H,3-7H2,1-2H3. The Bertz CT molecular complexity index is 410. The molecule has 0 aromatic carbocycles. The van der Waals surface area contributed by atoms with Crippen LogP contribution in [0.25, 0.3) is 0 Å². The third-order valence-corrected chi connectivity index (χ3v) is 3.48. The summed E-state index contributed by atoms with van der Waals surface area (Å²) in [7, 11) is 1.85. The number of aldehydes is 1. The van der Waals surface area contributed by atoms with E-state index >= 15 is 0 Å². The van der Waals surface area contributed by atoms with Crippen LogP contribution in [0.4, 0.5) is 5.82 Å². The second-order valence-corrected chi connectivity index (χ2v) is 4.57. The minimum atomic E-state index is 0.0963. The van der Waals surface area contributed by atoms with Gasteiger partial charge >= 0.3 is 0 Å². The van der Waals surface area contributed by atoms with Crippen LogP contribution in [0.3, 0.4) is 0 Å². The molecule has 0 spiro atoms. The number of hydrogen-bond acceptors (Lipinski definition) is 4. The maximum atomic E-state index is 11.2. The highest BCUT2D eigenvalue weighted by atomic mass is 16.3. The van der Waals surface area contributed by atoms with E-state index in [0.717, 1.165) is 30.6 Å². The third-order valence-electron chi connectivity index (χ3n) is 3.48. The number of rotatable bonds is 5. The average molecular weight is 237 g/mol. The van der Waals surface area contributed by atoms with Gasteiger partial charge in [-0.05, 0) is 26.2 Å². The van der Waals surface area contributed by atoms with Crippen LogP contribution >= 0.6 is 0 Å². The number of carbonyl (C=O) groups is 1. The van der Waals surface area contributed by atoms with Crippen molar-refractivity contribution in [3.05, 3.63) is 11.3 Å². The quantitative estimate of drug-likeness (QED) is 0.773. The normalized spacial score (nSPS) is 15.7. The number of hydrogen-bond donors (Lipinski definition) is 1. The first-order chi connectivity index (χ1) is 8.19. The molecule has 1 N–H and O–H groups in total. The van der Waals surface area contributed by atoms with Crippen LogP contribution in [0.15, 0.2) is 0 Å². The van der Waals surface area contributed by atoms with Crippen molar-refractivity contribution in [3.8, 4) is 0 Å². The Kier molecular flexibility index (Phi) is 3.47. The van der Waals surface area contributed by atoms with Gasteiger partial charge in [0.15, 0.2) is 6.29 Å². The lowest BCUT2D eigenvalue weighted by Crippen LogP contribution is -2.43. The molecule has 1 aromatic rings. The summed E-state index contributed by atoms with van der Waals surface area (Å²) in [6.45, 7) is 2.49. The van der Waals surface area contributed by atoms with Crippen molar-refractivity contribution in [2.45, 2.75) is 32.2 Å². The maximum absolute atomic E-state index is 11.2. The predicted octanol–water partition coefficient (Wildman–Crippen LogP) is 0.892. The Hall–Kier alpha value is -1.36. The topological polar surface area (TPSA) is 58.4 Å². The van der Waals surface area contributed by atoms with Crippen LogP contribution in [-0.4, -0.2) is 40.4 Å². The van der Waals surface area contributed by atoms with Crippen molar-refractivity contribution < 1.29 is 9.90 Å². The molecular formula is C12H19N3O2. The van der Waals surface area contributed by atoms with E-state index in [1.165, 1.54) is 6.42 Å². The fourth-order valence-corrected chi connectivity index (χ4v) is 2.41. The smallest absolute Gasteiger partial charge is 0.155 e. The van der Waals surface area contributed by atoms with Crippen LogP contribution in [0, 0.1) is 6.92 Å². The molecule has 0 amide bonds. The first-order valence-electron chi connectivity index (χ1n) is 6.05. The minimum Gasteiger partial charge on any atom is -0.395 e. The SMILES string of the molecule is Cc1nn(C)c(N(CCO)C2CCC2)c1C=O. The van der Waals surface area contributed by atoms with Gasteiger partial charge in [0.05, 0.1) is 17.9 Å². The molecule has 0 atom stereocenters. The Balaban J connectivity index is 2.36. The Morgan fingerprint density at radius 3 is 2.76 bits per heavy atom. The second-order valence-electron chi connectivity index (χ2n) is 4.57. The van der Waals surface area contributed by atoms with Gasteiger partial charge in [-0.15, -0.1) is 0 Å². The maximum Gasteiger partial charge on any atom is 0.155 e. The summed E-state index contributed by atoms with van der Waals surface area (Å²) < 4.78 is 1.74. The van der Waals surface area contributed by atoms with Gasteiger partial charge in [-0.1, -0.05) is 0 Å². The summed E-state index contributed by atoms with van der Waals surface area (Å²) in [5, 5.41) is 13.5. The van der Waals surface area contributed by atoms with Crippen LogP contribution in [0.2, 0.25) is 0 Å². The average Bonchev–Trinajstić information content (AvgIpc) is 2.49. The Morgan fingerprint density at radius 1 is 1.59 bits per heavy atom. The molecule has 0 bridgehead atoms. The molecule has 0 aliphatic heterocycles. The molecule has 1 aliphatic carbocycles. The van der Waals surface area contributed by atoms with Crippen molar-refractivity contribution in [3.63, 3.8) is 0 Å². The van der Waals surface area contributed by atoms with E-state index in [4.69, 9.17) is 5.11 Å². The van der Waals surface area contributed by atoms with Gasteiger partial charge in [0.2, 0.25) is 0 Å². The molecule has 5 heteroatoms. The van der Waals surface area contributed by atoms with Crippen LogP contribution in [0.5, 0.6) is 0 Å². The Morgan fingerprint density at radius 2 is 2.29 bits per heavy atom. The fourth-order valence-electron chi connectivity index (χ4n) is 2.41. The second kappa shape index (κ2) is 4.87. The molecule has 1 saturated carbocycles. The molecule has 1 aliphatic rings. The fraction of sp³-hybridized carbons (Fsp3) is 0.667. The number of nitrogens with zero attached hydrogens (tertiary/aromatic N) is 3. The van der Waals surface area contributed by atoms with Gasteiger partial charge in [0.1, 0.15) is 5.82 Å². The van der Waals surface area contributed by atoms with E-state index in [0.29, 0.717) is 18.2 Å². The monoisotopic (exact) mass is 237 g/mol.